The number of rotatable bonds is 23. The molecule has 18 nitrogen and oxygen atoms in total. The van der Waals surface area contributed by atoms with Gasteiger partial charge in [0.25, 0.3) is 23.6 Å². The summed E-state index contributed by atoms with van der Waals surface area (Å²) in [6.07, 6.45) is 3.71. The standard InChI is InChI=1S/C29H42N6O12/c1-45-16-17-46-19-23(38)30-13-3-2-6-20(33-22(37)8-5-15-34-24(39)9-10-25(34)40)29(44)31-14-4-7-21(36)32-18-28(43)47-35-26(41)11-12-27(35)42/h9-10,20H,2-8,11-19H2,1H3,(H,30,38)(H,31,44)(H,32,36)(H,33,37)/t20-/m0/s1. The van der Waals surface area contributed by atoms with Crippen molar-refractivity contribution in [1.82, 2.24) is 31.2 Å². The van der Waals surface area contributed by atoms with Crippen molar-refractivity contribution in [3.05, 3.63) is 12.2 Å². The van der Waals surface area contributed by atoms with Gasteiger partial charge >= 0.3 is 5.97 Å². The number of amides is 8. The van der Waals surface area contributed by atoms with Crippen molar-refractivity contribution >= 4 is 53.2 Å². The van der Waals surface area contributed by atoms with Crippen LogP contribution in [0.2, 0.25) is 0 Å². The Labute approximate surface area is 271 Å². The summed E-state index contributed by atoms with van der Waals surface area (Å²) >= 11 is 0. The van der Waals surface area contributed by atoms with Crippen LogP contribution >= 0.6 is 0 Å². The van der Waals surface area contributed by atoms with E-state index in [-0.39, 0.29) is 77.2 Å². The van der Waals surface area contributed by atoms with Gasteiger partial charge in [0.1, 0.15) is 19.2 Å². The molecule has 1 atom stereocenters. The minimum Gasteiger partial charge on any atom is -0.382 e. The molecule has 4 N–H and O–H groups in total. The highest BCUT2D eigenvalue weighted by Gasteiger charge is 2.33. The van der Waals surface area contributed by atoms with Crippen molar-refractivity contribution in [2.24, 2.45) is 0 Å². The van der Waals surface area contributed by atoms with E-state index in [1.54, 1.807) is 0 Å². The number of nitrogens with one attached hydrogen (secondary N) is 4. The van der Waals surface area contributed by atoms with E-state index in [1.165, 1.54) is 7.11 Å². The molecule has 47 heavy (non-hydrogen) atoms. The summed E-state index contributed by atoms with van der Waals surface area (Å²) in [7, 11) is 1.52. The molecule has 1 saturated heterocycles. The van der Waals surface area contributed by atoms with Gasteiger partial charge in [-0.25, -0.2) is 4.79 Å². The Morgan fingerprint density at radius 3 is 2.13 bits per heavy atom. The highest BCUT2D eigenvalue weighted by Crippen LogP contribution is 2.12. The monoisotopic (exact) mass is 666 g/mol. The van der Waals surface area contributed by atoms with E-state index in [2.05, 4.69) is 26.1 Å². The number of nitrogens with zero attached hydrogens (tertiary/aromatic N) is 2. The molecule has 260 valence electrons. The lowest BCUT2D eigenvalue weighted by Crippen LogP contribution is -2.47. The number of unbranched alkanes of at least 4 members (excludes halogenated alkanes) is 1. The maximum absolute atomic E-state index is 12.9. The van der Waals surface area contributed by atoms with Gasteiger partial charge in [-0.15, -0.1) is 5.06 Å². The third kappa shape index (κ3) is 15.0. The molecule has 8 amide bonds. The molecular weight excluding hydrogens is 624 g/mol. The summed E-state index contributed by atoms with van der Waals surface area (Å²) in [5.41, 5.74) is 0. The van der Waals surface area contributed by atoms with E-state index in [1.807, 2.05) is 0 Å². The average molecular weight is 667 g/mol. The first-order valence-corrected chi connectivity index (χ1v) is 15.3. The summed E-state index contributed by atoms with van der Waals surface area (Å²) in [6.45, 7) is 0.431. The minimum absolute atomic E-state index is 0.0390. The molecule has 1 fully saturated rings. The van der Waals surface area contributed by atoms with Crippen LogP contribution in [0.25, 0.3) is 0 Å². The maximum Gasteiger partial charge on any atom is 0.352 e. The first kappa shape index (κ1) is 38.5. The van der Waals surface area contributed by atoms with Gasteiger partial charge in [-0.05, 0) is 32.1 Å². The molecule has 18 heteroatoms. The predicted molar refractivity (Wildman–Crippen MR) is 159 cm³/mol. The van der Waals surface area contributed by atoms with Gasteiger partial charge in [0.05, 0.1) is 13.2 Å². The molecule has 0 aromatic rings. The third-order valence-electron chi connectivity index (χ3n) is 6.75. The van der Waals surface area contributed by atoms with E-state index in [9.17, 15) is 43.2 Å². The molecule has 2 aliphatic rings. The second kappa shape index (κ2) is 21.2. The molecule has 0 aromatic carbocycles. The Kier molecular flexibility index (Phi) is 17.3. The van der Waals surface area contributed by atoms with Crippen molar-refractivity contribution in [2.45, 2.75) is 63.8 Å². The van der Waals surface area contributed by atoms with Crippen LogP contribution in [0.3, 0.4) is 0 Å². The fourth-order valence-corrected chi connectivity index (χ4v) is 4.28. The van der Waals surface area contributed by atoms with Crippen molar-refractivity contribution < 1.29 is 57.5 Å². The van der Waals surface area contributed by atoms with Crippen molar-refractivity contribution in [3.8, 4) is 0 Å². The lowest BCUT2D eigenvalue weighted by Gasteiger charge is -2.19. The summed E-state index contributed by atoms with van der Waals surface area (Å²) in [5, 5.41) is 10.7. The Bertz CT molecular complexity index is 1170. The smallest absolute Gasteiger partial charge is 0.352 e. The summed E-state index contributed by atoms with van der Waals surface area (Å²) in [5.74, 6) is -4.95. The largest absolute Gasteiger partial charge is 0.382 e. The molecule has 2 aliphatic heterocycles. The Hall–Kier alpha value is -4.71. The van der Waals surface area contributed by atoms with Gasteiger partial charge in [0.2, 0.25) is 23.6 Å². The van der Waals surface area contributed by atoms with E-state index < -0.39 is 59.9 Å². The van der Waals surface area contributed by atoms with Crippen LogP contribution in [0.1, 0.15) is 57.8 Å². The second-order valence-corrected chi connectivity index (χ2v) is 10.5. The Balaban J connectivity index is 1.73. The summed E-state index contributed by atoms with van der Waals surface area (Å²) in [4.78, 5) is 113. The normalized spacial score (nSPS) is 14.7. The first-order chi connectivity index (χ1) is 22.5. The van der Waals surface area contributed by atoms with E-state index >= 15 is 0 Å². The van der Waals surface area contributed by atoms with Gasteiger partial charge in [-0.3, -0.25) is 43.3 Å². The Morgan fingerprint density at radius 2 is 1.45 bits per heavy atom. The van der Waals surface area contributed by atoms with Crippen LogP contribution in [0, 0.1) is 0 Å². The molecule has 0 bridgehead atoms. The zero-order chi connectivity index (χ0) is 34.6. The summed E-state index contributed by atoms with van der Waals surface area (Å²) in [6, 6.07) is -0.924. The number of methoxy groups -OCH3 is 1. The number of carbonyl (C=O) groups excluding carboxylic acids is 9. The predicted octanol–water partition coefficient (Wildman–Crippen LogP) is -2.25. The number of ether oxygens (including phenoxy) is 2. The number of hydrogen-bond donors (Lipinski definition) is 4. The highest BCUT2D eigenvalue weighted by atomic mass is 16.7. The highest BCUT2D eigenvalue weighted by molar-refractivity contribution is 6.12. The van der Waals surface area contributed by atoms with Crippen LogP contribution in [0.5, 0.6) is 0 Å². The topological polar surface area (TPSA) is 236 Å². The molecule has 2 heterocycles. The van der Waals surface area contributed by atoms with Crippen LogP contribution in [0.4, 0.5) is 0 Å². The lowest BCUT2D eigenvalue weighted by atomic mass is 10.1. The van der Waals surface area contributed by atoms with Gasteiger partial charge in [0.15, 0.2) is 0 Å². The average Bonchev–Trinajstić information content (AvgIpc) is 3.53. The minimum atomic E-state index is -0.987. The SMILES string of the molecule is COCCOCC(=O)NCCCC[C@H](NC(=O)CCCN1C(=O)C=CC1=O)C(=O)NCCCC(=O)NCC(=O)ON1C(=O)CCC1=O. The molecule has 0 saturated carbocycles. The molecule has 0 unspecified atom stereocenters. The molecule has 2 rings (SSSR count). The quantitative estimate of drug-likeness (QED) is 0.0668. The van der Waals surface area contributed by atoms with Gasteiger partial charge in [-0.1, -0.05) is 0 Å². The van der Waals surface area contributed by atoms with E-state index in [4.69, 9.17) is 9.47 Å². The van der Waals surface area contributed by atoms with Crippen LogP contribution in [0.15, 0.2) is 12.2 Å². The number of hydrogen-bond acceptors (Lipinski definition) is 12. The maximum atomic E-state index is 12.9. The fraction of sp³-hybridized carbons (Fsp3) is 0.621. The number of carbonyl (C=O) groups is 9. The summed E-state index contributed by atoms with van der Waals surface area (Å²) < 4.78 is 9.99. The number of imide groups is 2. The number of hydroxylamine groups is 2. The fourth-order valence-electron chi connectivity index (χ4n) is 4.28. The van der Waals surface area contributed by atoms with Gasteiger partial charge in [-0.2, -0.15) is 0 Å². The molecule has 0 radical (unpaired) electrons. The molecule has 0 aromatic heterocycles. The van der Waals surface area contributed by atoms with E-state index in [0.29, 0.717) is 31.1 Å². The molecular formula is C29H42N6O12. The molecule has 0 aliphatic carbocycles. The van der Waals surface area contributed by atoms with Crippen molar-refractivity contribution in [2.75, 3.05) is 53.1 Å². The van der Waals surface area contributed by atoms with Gasteiger partial charge < -0.3 is 35.6 Å². The first-order valence-electron chi connectivity index (χ1n) is 15.3. The second-order valence-electron chi connectivity index (χ2n) is 10.5. The van der Waals surface area contributed by atoms with Crippen LogP contribution < -0.4 is 21.3 Å². The zero-order valence-electron chi connectivity index (χ0n) is 26.3. The third-order valence-corrected chi connectivity index (χ3v) is 6.75. The Morgan fingerprint density at radius 1 is 0.787 bits per heavy atom. The van der Waals surface area contributed by atoms with E-state index in [0.717, 1.165) is 17.1 Å². The van der Waals surface area contributed by atoms with Crippen LogP contribution in [-0.4, -0.2) is 122 Å². The van der Waals surface area contributed by atoms with Gasteiger partial charge in [0, 0.05) is 64.6 Å². The zero-order valence-corrected chi connectivity index (χ0v) is 26.3. The van der Waals surface area contributed by atoms with Crippen molar-refractivity contribution in [3.63, 3.8) is 0 Å². The molecule has 0 spiro atoms. The van der Waals surface area contributed by atoms with Crippen molar-refractivity contribution in [1.29, 1.82) is 0 Å². The van der Waals surface area contributed by atoms with Crippen LogP contribution in [-0.2, 0) is 57.5 Å². The lowest BCUT2D eigenvalue weighted by molar-refractivity contribution is -0.196.